The van der Waals surface area contributed by atoms with E-state index in [1.807, 2.05) is 0 Å². The van der Waals surface area contributed by atoms with Crippen LogP contribution in [0.2, 0.25) is 0 Å². The van der Waals surface area contributed by atoms with E-state index >= 15 is 0 Å². The zero-order chi connectivity index (χ0) is 11.0. The molecule has 1 fully saturated rings. The molecule has 1 aliphatic heterocycles. The molecule has 4 heteroatoms. The lowest BCUT2D eigenvalue weighted by Crippen LogP contribution is -2.16. The van der Waals surface area contributed by atoms with Crippen LogP contribution in [-0.2, 0) is 9.59 Å². The molecule has 0 aromatic heterocycles. The first-order valence-corrected chi connectivity index (χ1v) is 4.42. The summed E-state index contributed by atoms with van der Waals surface area (Å²) in [4.78, 5) is 22.2. The molecule has 0 spiro atoms. The van der Waals surface area contributed by atoms with Gasteiger partial charge in [0.1, 0.15) is 0 Å². The van der Waals surface area contributed by atoms with Gasteiger partial charge in [-0.3, -0.25) is 9.59 Å². The molecule has 0 aromatic rings. The van der Waals surface area contributed by atoms with Crippen LogP contribution in [0.15, 0.2) is 25.6 Å². The molecule has 14 heavy (non-hydrogen) atoms. The third-order valence-electron chi connectivity index (χ3n) is 1.64. The Morgan fingerprint density at radius 1 is 1.57 bits per heavy atom. The SMILES string of the molecule is C=CN1CCCC1=O.C=CNC(C)=O. The monoisotopic (exact) mass is 196 g/mol. The van der Waals surface area contributed by atoms with Crippen molar-refractivity contribution in [3.05, 3.63) is 25.6 Å². The summed E-state index contributed by atoms with van der Waals surface area (Å²) in [6, 6.07) is 0. The van der Waals surface area contributed by atoms with E-state index in [1.165, 1.54) is 13.1 Å². The zero-order valence-electron chi connectivity index (χ0n) is 8.45. The minimum Gasteiger partial charge on any atom is -0.334 e. The summed E-state index contributed by atoms with van der Waals surface area (Å²) < 4.78 is 0. The predicted octanol–water partition coefficient (Wildman–Crippen LogP) is 1.02. The Morgan fingerprint density at radius 3 is 2.36 bits per heavy atom. The number of hydrogen-bond acceptors (Lipinski definition) is 2. The van der Waals surface area contributed by atoms with Crippen LogP contribution in [0.4, 0.5) is 0 Å². The number of hydrogen-bond donors (Lipinski definition) is 1. The molecule has 1 rings (SSSR count). The maximum atomic E-state index is 10.7. The second-order valence-electron chi connectivity index (χ2n) is 2.78. The van der Waals surface area contributed by atoms with Crippen molar-refractivity contribution in [3.8, 4) is 0 Å². The number of rotatable bonds is 2. The number of carbonyl (C=O) groups excluding carboxylic acids is 2. The van der Waals surface area contributed by atoms with E-state index in [9.17, 15) is 9.59 Å². The number of carbonyl (C=O) groups is 2. The summed E-state index contributed by atoms with van der Waals surface area (Å²) in [5.74, 6) is 0.130. The van der Waals surface area contributed by atoms with Gasteiger partial charge in [-0.05, 0) is 18.8 Å². The zero-order valence-corrected chi connectivity index (χ0v) is 8.45. The normalized spacial score (nSPS) is 14.1. The maximum Gasteiger partial charge on any atom is 0.226 e. The molecule has 4 nitrogen and oxygen atoms in total. The summed E-state index contributed by atoms with van der Waals surface area (Å²) in [5.41, 5.74) is 0. The molecule has 0 bridgehead atoms. The van der Waals surface area contributed by atoms with Crippen molar-refractivity contribution in [1.29, 1.82) is 0 Å². The fourth-order valence-corrected chi connectivity index (χ4v) is 1.01. The van der Waals surface area contributed by atoms with Gasteiger partial charge in [0.2, 0.25) is 11.8 Å². The minimum absolute atomic E-state index is 0.0787. The predicted molar refractivity (Wildman–Crippen MR) is 55.2 cm³/mol. The molecule has 1 N–H and O–H groups in total. The Kier molecular flexibility index (Phi) is 6.11. The van der Waals surface area contributed by atoms with Crippen LogP contribution in [0.25, 0.3) is 0 Å². The molecule has 1 heterocycles. The topological polar surface area (TPSA) is 49.4 Å². The number of nitrogens with one attached hydrogen (secondary N) is 1. The van der Waals surface area contributed by atoms with Gasteiger partial charge in [0.05, 0.1) is 0 Å². The number of amides is 2. The van der Waals surface area contributed by atoms with Gasteiger partial charge >= 0.3 is 0 Å². The van der Waals surface area contributed by atoms with Crippen molar-refractivity contribution in [2.45, 2.75) is 19.8 Å². The van der Waals surface area contributed by atoms with Crippen LogP contribution in [0.1, 0.15) is 19.8 Å². The van der Waals surface area contributed by atoms with Gasteiger partial charge < -0.3 is 10.2 Å². The first kappa shape index (κ1) is 12.4. The van der Waals surface area contributed by atoms with Crippen molar-refractivity contribution in [2.75, 3.05) is 6.54 Å². The fourth-order valence-electron chi connectivity index (χ4n) is 1.01. The summed E-state index contributed by atoms with van der Waals surface area (Å²) >= 11 is 0. The molecule has 1 saturated heterocycles. The van der Waals surface area contributed by atoms with Crippen molar-refractivity contribution in [1.82, 2.24) is 10.2 Å². The van der Waals surface area contributed by atoms with Crippen molar-refractivity contribution in [2.24, 2.45) is 0 Å². The van der Waals surface area contributed by atoms with Crippen LogP contribution in [0, 0.1) is 0 Å². The van der Waals surface area contributed by atoms with E-state index in [1.54, 1.807) is 11.1 Å². The van der Waals surface area contributed by atoms with Gasteiger partial charge in [-0.1, -0.05) is 13.2 Å². The van der Waals surface area contributed by atoms with Crippen LogP contribution in [0.5, 0.6) is 0 Å². The average molecular weight is 196 g/mol. The van der Waals surface area contributed by atoms with E-state index in [2.05, 4.69) is 18.5 Å². The quantitative estimate of drug-likeness (QED) is 0.716. The third kappa shape index (κ3) is 5.13. The van der Waals surface area contributed by atoms with Crippen molar-refractivity contribution >= 4 is 11.8 Å². The Hall–Kier alpha value is -1.58. The molecule has 1 aliphatic rings. The molecule has 0 radical (unpaired) electrons. The van der Waals surface area contributed by atoms with E-state index in [0.29, 0.717) is 6.42 Å². The highest BCUT2D eigenvalue weighted by Crippen LogP contribution is 2.08. The Labute approximate surface area is 84.3 Å². The van der Waals surface area contributed by atoms with Crippen LogP contribution < -0.4 is 5.32 Å². The standard InChI is InChI=1S/C6H9NO.C4H7NO/c1-2-7-5-3-4-6(7)8;1-3-5-4(2)6/h2H,1,3-5H2;3H,1H2,2H3,(H,5,6). The van der Waals surface area contributed by atoms with Crippen molar-refractivity contribution < 1.29 is 9.59 Å². The summed E-state index contributed by atoms with van der Waals surface area (Å²) in [6.07, 6.45) is 4.63. The highest BCUT2D eigenvalue weighted by atomic mass is 16.2. The van der Waals surface area contributed by atoms with Crippen LogP contribution in [-0.4, -0.2) is 23.3 Å². The third-order valence-corrected chi connectivity index (χ3v) is 1.64. The molecule has 78 valence electrons. The molecule has 0 atom stereocenters. The number of likely N-dealkylation sites (tertiary alicyclic amines) is 1. The van der Waals surface area contributed by atoms with E-state index in [0.717, 1.165) is 13.0 Å². The minimum atomic E-state index is -0.0787. The Bertz CT molecular complexity index is 236. The first-order valence-electron chi connectivity index (χ1n) is 4.42. The van der Waals surface area contributed by atoms with Gasteiger partial charge in [-0.2, -0.15) is 0 Å². The lowest BCUT2D eigenvalue weighted by molar-refractivity contribution is -0.125. The molecule has 2 amide bonds. The van der Waals surface area contributed by atoms with Crippen LogP contribution >= 0.6 is 0 Å². The Balaban J connectivity index is 0.000000255. The highest BCUT2D eigenvalue weighted by Gasteiger charge is 2.15. The van der Waals surface area contributed by atoms with E-state index in [4.69, 9.17) is 0 Å². The molecular weight excluding hydrogens is 180 g/mol. The molecule has 0 aliphatic carbocycles. The van der Waals surface area contributed by atoms with Gasteiger partial charge in [-0.15, -0.1) is 0 Å². The van der Waals surface area contributed by atoms with Gasteiger partial charge in [0.25, 0.3) is 0 Å². The molecule has 0 saturated carbocycles. The Morgan fingerprint density at radius 2 is 2.21 bits per heavy atom. The summed E-state index contributed by atoms with van der Waals surface area (Å²) in [5, 5.41) is 2.33. The van der Waals surface area contributed by atoms with Crippen LogP contribution in [0.3, 0.4) is 0 Å². The smallest absolute Gasteiger partial charge is 0.226 e. The number of nitrogens with zero attached hydrogens (tertiary/aromatic N) is 1. The lowest BCUT2D eigenvalue weighted by atomic mass is 10.4. The lowest BCUT2D eigenvalue weighted by Gasteiger charge is -2.05. The summed E-state index contributed by atoms with van der Waals surface area (Å²) in [6.45, 7) is 9.06. The van der Waals surface area contributed by atoms with E-state index < -0.39 is 0 Å². The second kappa shape index (κ2) is 6.88. The maximum absolute atomic E-state index is 10.7. The second-order valence-corrected chi connectivity index (χ2v) is 2.78. The molecule has 0 aromatic carbocycles. The fraction of sp³-hybridized carbons (Fsp3) is 0.400. The van der Waals surface area contributed by atoms with Gasteiger partial charge in [0.15, 0.2) is 0 Å². The van der Waals surface area contributed by atoms with Crippen molar-refractivity contribution in [3.63, 3.8) is 0 Å². The first-order chi connectivity index (χ1) is 6.61. The largest absolute Gasteiger partial charge is 0.334 e. The molecule has 0 unspecified atom stereocenters. The van der Waals surface area contributed by atoms with E-state index in [-0.39, 0.29) is 11.8 Å². The summed E-state index contributed by atoms with van der Waals surface area (Å²) in [7, 11) is 0. The molecular formula is C10H16N2O2. The van der Waals surface area contributed by atoms with Gasteiger partial charge in [-0.25, -0.2) is 0 Å². The highest BCUT2D eigenvalue weighted by molar-refractivity contribution is 5.78. The van der Waals surface area contributed by atoms with Gasteiger partial charge in [0, 0.05) is 19.9 Å². The average Bonchev–Trinajstić information content (AvgIpc) is 2.51.